The van der Waals surface area contributed by atoms with Gasteiger partial charge in [-0.05, 0) is 54.1 Å². The minimum absolute atomic E-state index is 0.315. The summed E-state index contributed by atoms with van der Waals surface area (Å²) in [5, 5.41) is -0.485. The van der Waals surface area contributed by atoms with Gasteiger partial charge in [-0.1, -0.05) is 6.07 Å². The number of nitrogens with zero attached hydrogens (tertiary/aromatic N) is 1. The fraction of sp³-hybridized carbons (Fsp3) is 0.167. The van der Waals surface area contributed by atoms with Crippen LogP contribution in [-0.2, 0) is 5.88 Å². The molecule has 0 saturated carbocycles. The fourth-order valence-corrected chi connectivity index (χ4v) is 1.76. The SMILES string of the molecule is C=N/C=C(/C)c1ccc(C(=O)Cl)cc1CCl. The predicted octanol–water partition coefficient (Wildman–Crippen LogP) is 3.87. The molecular weight excluding hydrogens is 245 g/mol. The van der Waals surface area contributed by atoms with Crippen molar-refractivity contribution in [2.24, 2.45) is 4.99 Å². The summed E-state index contributed by atoms with van der Waals surface area (Å²) in [4.78, 5) is 14.7. The van der Waals surface area contributed by atoms with Crippen molar-refractivity contribution in [2.75, 3.05) is 0 Å². The lowest BCUT2D eigenvalue weighted by Crippen LogP contribution is -1.95. The molecule has 0 aliphatic carbocycles. The van der Waals surface area contributed by atoms with E-state index in [1.54, 1.807) is 18.3 Å². The van der Waals surface area contributed by atoms with Crippen LogP contribution in [0.3, 0.4) is 0 Å². The van der Waals surface area contributed by atoms with E-state index in [0.717, 1.165) is 16.7 Å². The molecular formula is C12H11Cl2NO. The Hall–Kier alpha value is -1.12. The third kappa shape index (κ3) is 2.94. The molecule has 1 rings (SSSR count). The van der Waals surface area contributed by atoms with Crippen LogP contribution in [0.25, 0.3) is 5.57 Å². The maximum Gasteiger partial charge on any atom is 0.252 e. The van der Waals surface area contributed by atoms with Crippen LogP contribution in [0.15, 0.2) is 29.4 Å². The maximum absolute atomic E-state index is 11.0. The number of benzene rings is 1. The first-order valence-corrected chi connectivity index (χ1v) is 5.53. The zero-order valence-corrected chi connectivity index (χ0v) is 10.3. The highest BCUT2D eigenvalue weighted by Gasteiger charge is 2.08. The first-order chi connectivity index (χ1) is 7.60. The van der Waals surface area contributed by atoms with Gasteiger partial charge in [-0.2, -0.15) is 0 Å². The molecule has 16 heavy (non-hydrogen) atoms. The van der Waals surface area contributed by atoms with Crippen molar-refractivity contribution < 1.29 is 4.79 Å². The summed E-state index contributed by atoms with van der Waals surface area (Å²) in [6.07, 6.45) is 1.65. The number of carbonyl (C=O) groups excluding carboxylic acids is 1. The van der Waals surface area contributed by atoms with E-state index in [0.29, 0.717) is 11.4 Å². The summed E-state index contributed by atoms with van der Waals surface area (Å²) in [7, 11) is 0. The number of halogens is 2. The molecule has 0 fully saturated rings. The highest BCUT2D eigenvalue weighted by molar-refractivity contribution is 6.67. The summed E-state index contributed by atoms with van der Waals surface area (Å²) in [6, 6.07) is 5.17. The number of rotatable bonds is 4. The normalized spacial score (nSPS) is 11.3. The molecule has 0 unspecified atom stereocenters. The van der Waals surface area contributed by atoms with Crippen LogP contribution in [-0.4, -0.2) is 12.0 Å². The standard InChI is InChI=1S/C12H11Cl2NO/c1-8(7-15-2)11-4-3-9(12(14)16)5-10(11)6-13/h3-5,7H,2,6H2,1H3/b8-7-. The van der Waals surface area contributed by atoms with Crippen molar-refractivity contribution in [3.05, 3.63) is 41.1 Å². The van der Waals surface area contributed by atoms with E-state index < -0.39 is 5.24 Å². The van der Waals surface area contributed by atoms with Gasteiger partial charge in [0.15, 0.2) is 0 Å². The van der Waals surface area contributed by atoms with Gasteiger partial charge in [0.05, 0.1) is 0 Å². The van der Waals surface area contributed by atoms with Gasteiger partial charge in [0.1, 0.15) is 0 Å². The maximum atomic E-state index is 11.0. The van der Waals surface area contributed by atoms with E-state index in [1.165, 1.54) is 0 Å². The van der Waals surface area contributed by atoms with Gasteiger partial charge in [0.25, 0.3) is 5.24 Å². The van der Waals surface area contributed by atoms with Gasteiger partial charge in [0, 0.05) is 17.6 Å². The molecule has 0 aliphatic heterocycles. The molecule has 0 radical (unpaired) electrons. The number of allylic oxidation sites excluding steroid dienone is 1. The van der Waals surface area contributed by atoms with E-state index >= 15 is 0 Å². The van der Waals surface area contributed by atoms with Gasteiger partial charge in [0.2, 0.25) is 0 Å². The molecule has 0 N–H and O–H groups in total. The Morgan fingerprint density at radius 2 is 2.25 bits per heavy atom. The zero-order chi connectivity index (χ0) is 12.1. The molecule has 0 aromatic heterocycles. The molecule has 1 aromatic rings. The van der Waals surface area contributed by atoms with Gasteiger partial charge >= 0.3 is 0 Å². The largest absolute Gasteiger partial charge is 0.276 e. The topological polar surface area (TPSA) is 29.4 Å². The first-order valence-electron chi connectivity index (χ1n) is 4.62. The Morgan fingerprint density at radius 1 is 1.56 bits per heavy atom. The molecule has 0 spiro atoms. The lowest BCUT2D eigenvalue weighted by molar-refractivity contribution is 0.108. The third-order valence-corrected chi connectivity index (χ3v) is 2.69. The summed E-state index contributed by atoms with van der Waals surface area (Å²) < 4.78 is 0. The second-order valence-electron chi connectivity index (χ2n) is 3.27. The van der Waals surface area contributed by atoms with Crippen molar-refractivity contribution in [2.45, 2.75) is 12.8 Å². The Labute approximate surface area is 105 Å². The van der Waals surface area contributed by atoms with Crippen molar-refractivity contribution in [1.29, 1.82) is 0 Å². The van der Waals surface area contributed by atoms with Gasteiger partial charge in [-0.3, -0.25) is 9.79 Å². The molecule has 0 saturated heterocycles. The molecule has 1 aromatic carbocycles. The molecule has 0 bridgehead atoms. The Balaban J connectivity index is 3.26. The van der Waals surface area contributed by atoms with Crippen LogP contribution in [0.1, 0.15) is 28.4 Å². The number of hydrogen-bond donors (Lipinski definition) is 0. The molecule has 2 nitrogen and oxygen atoms in total. The smallest absolute Gasteiger partial charge is 0.252 e. The van der Waals surface area contributed by atoms with Crippen molar-refractivity contribution in [1.82, 2.24) is 0 Å². The second kappa shape index (κ2) is 5.83. The molecule has 0 amide bonds. The molecule has 0 atom stereocenters. The van der Waals surface area contributed by atoms with Crippen LogP contribution in [0.5, 0.6) is 0 Å². The summed E-state index contributed by atoms with van der Waals surface area (Å²) in [6.45, 7) is 5.30. The number of hydrogen-bond acceptors (Lipinski definition) is 2. The molecule has 84 valence electrons. The van der Waals surface area contributed by atoms with Crippen LogP contribution in [0.2, 0.25) is 0 Å². The van der Waals surface area contributed by atoms with Gasteiger partial charge in [-0.15, -0.1) is 11.6 Å². The van der Waals surface area contributed by atoms with Gasteiger partial charge < -0.3 is 0 Å². The number of alkyl halides is 1. The monoisotopic (exact) mass is 255 g/mol. The van der Waals surface area contributed by atoms with Crippen LogP contribution < -0.4 is 0 Å². The van der Waals surface area contributed by atoms with Crippen molar-refractivity contribution in [3.8, 4) is 0 Å². The molecule has 4 heteroatoms. The average molecular weight is 256 g/mol. The quantitative estimate of drug-likeness (QED) is 0.457. The van der Waals surface area contributed by atoms with E-state index in [-0.39, 0.29) is 0 Å². The van der Waals surface area contributed by atoms with Crippen molar-refractivity contribution in [3.63, 3.8) is 0 Å². The Bertz CT molecular complexity index is 452. The van der Waals surface area contributed by atoms with E-state index in [2.05, 4.69) is 11.7 Å². The summed E-state index contributed by atoms with van der Waals surface area (Å²) in [5.41, 5.74) is 3.19. The third-order valence-electron chi connectivity index (χ3n) is 2.19. The fourth-order valence-electron chi connectivity index (χ4n) is 1.42. The minimum Gasteiger partial charge on any atom is -0.276 e. The van der Waals surface area contributed by atoms with Crippen molar-refractivity contribution >= 4 is 40.7 Å². The van der Waals surface area contributed by atoms with Crippen LogP contribution >= 0.6 is 23.2 Å². The lowest BCUT2D eigenvalue weighted by Gasteiger charge is -2.08. The number of carbonyl (C=O) groups is 1. The second-order valence-corrected chi connectivity index (χ2v) is 3.88. The van der Waals surface area contributed by atoms with E-state index in [4.69, 9.17) is 23.2 Å². The zero-order valence-electron chi connectivity index (χ0n) is 8.84. The van der Waals surface area contributed by atoms with Crippen LogP contribution in [0, 0.1) is 0 Å². The first kappa shape index (κ1) is 12.9. The lowest BCUT2D eigenvalue weighted by atomic mass is 10.0. The summed E-state index contributed by atoms with van der Waals surface area (Å²) >= 11 is 11.2. The highest BCUT2D eigenvalue weighted by atomic mass is 35.5. The average Bonchev–Trinajstić information content (AvgIpc) is 2.28. The number of aliphatic imine (C=N–C) groups is 1. The summed E-state index contributed by atoms with van der Waals surface area (Å²) in [5.74, 6) is 0.315. The van der Waals surface area contributed by atoms with E-state index in [9.17, 15) is 4.79 Å². The predicted molar refractivity (Wildman–Crippen MR) is 69.4 cm³/mol. The molecule has 0 aliphatic rings. The van der Waals surface area contributed by atoms with E-state index in [1.807, 2.05) is 13.0 Å². The molecule has 0 heterocycles. The van der Waals surface area contributed by atoms with Gasteiger partial charge in [-0.25, -0.2) is 0 Å². The highest BCUT2D eigenvalue weighted by Crippen LogP contribution is 2.22. The Morgan fingerprint density at radius 3 is 2.75 bits per heavy atom. The minimum atomic E-state index is -0.485. The van der Waals surface area contributed by atoms with Crippen LogP contribution in [0.4, 0.5) is 0 Å². The Kier molecular flexibility index (Phi) is 4.71.